The molecule has 1 N–H and O–H groups in total. The average Bonchev–Trinajstić information content (AvgIpc) is 3.09. The Morgan fingerprint density at radius 3 is 2.29 bits per heavy atom. The number of hydrogen-bond donors (Lipinski definition) is 1. The number of benzene rings is 2. The van der Waals surface area contributed by atoms with E-state index in [1.54, 1.807) is 0 Å². The number of fused-ring (bicyclic) bond motifs is 2. The Kier molecular flexibility index (Phi) is 6.57. The maximum Gasteiger partial charge on any atom is 0.113 e. The zero-order valence-corrected chi connectivity index (χ0v) is 20.2. The Balaban J connectivity index is 1.17. The van der Waals surface area contributed by atoms with Crippen LogP contribution in [0.15, 0.2) is 72.9 Å². The summed E-state index contributed by atoms with van der Waals surface area (Å²) in [7, 11) is 0. The quantitative estimate of drug-likeness (QED) is 0.463. The van der Waals surface area contributed by atoms with Crippen LogP contribution in [0.1, 0.15) is 49.4 Å². The Morgan fingerprint density at radius 1 is 0.971 bits per heavy atom. The number of aromatic nitrogens is 1. The number of pyridine rings is 1. The van der Waals surface area contributed by atoms with Gasteiger partial charge in [-0.1, -0.05) is 60.0 Å². The number of piperidine rings is 1. The highest BCUT2D eigenvalue weighted by atomic mass is 35.5. The molecule has 0 amide bonds. The lowest BCUT2D eigenvalue weighted by Crippen LogP contribution is -2.49. The molecule has 172 valence electrons. The van der Waals surface area contributed by atoms with Crippen molar-refractivity contribution >= 4 is 17.7 Å². The van der Waals surface area contributed by atoms with Crippen LogP contribution < -0.4 is 0 Å². The number of rotatable bonds is 4. The van der Waals surface area contributed by atoms with Crippen LogP contribution in [-0.2, 0) is 0 Å². The van der Waals surface area contributed by atoms with Gasteiger partial charge in [0.15, 0.2) is 0 Å². The Bertz CT molecular complexity index is 1200. The van der Waals surface area contributed by atoms with E-state index in [1.165, 1.54) is 18.4 Å². The normalized spacial score (nSPS) is 24.2. The van der Waals surface area contributed by atoms with Gasteiger partial charge >= 0.3 is 0 Å². The number of nitrogens with zero attached hydrogens (tertiary/aromatic N) is 2. The van der Waals surface area contributed by atoms with Crippen molar-refractivity contribution in [3.63, 3.8) is 0 Å². The molecule has 4 heteroatoms. The summed E-state index contributed by atoms with van der Waals surface area (Å²) in [4.78, 5) is 7.05. The summed E-state index contributed by atoms with van der Waals surface area (Å²) in [6.07, 6.45) is 10.5. The predicted octanol–water partition coefficient (Wildman–Crippen LogP) is 6.19. The van der Waals surface area contributed by atoms with Gasteiger partial charge in [-0.2, -0.15) is 0 Å². The molecule has 5 rings (SSSR count). The van der Waals surface area contributed by atoms with E-state index in [9.17, 15) is 5.11 Å². The van der Waals surface area contributed by atoms with Gasteiger partial charge in [-0.15, -0.1) is 0 Å². The molecule has 2 aromatic carbocycles. The third kappa shape index (κ3) is 5.42. The summed E-state index contributed by atoms with van der Waals surface area (Å²) >= 11 is 5.96. The number of halogens is 1. The molecule has 3 nitrogen and oxygen atoms in total. The first-order valence-corrected chi connectivity index (χ1v) is 12.3. The van der Waals surface area contributed by atoms with E-state index in [4.69, 9.17) is 11.6 Å². The monoisotopic (exact) mass is 468 g/mol. The molecule has 2 aliphatic rings. The molecule has 0 spiro atoms. The molecule has 0 radical (unpaired) electrons. The van der Waals surface area contributed by atoms with E-state index in [1.807, 2.05) is 49.5 Å². The Morgan fingerprint density at radius 2 is 1.65 bits per heavy atom. The van der Waals surface area contributed by atoms with Crippen LogP contribution in [0.2, 0.25) is 5.02 Å². The van der Waals surface area contributed by atoms with Gasteiger partial charge in [0.1, 0.15) is 5.69 Å². The van der Waals surface area contributed by atoms with Crippen molar-refractivity contribution in [2.75, 3.05) is 6.54 Å². The van der Waals surface area contributed by atoms with Crippen LogP contribution in [0.3, 0.4) is 0 Å². The topological polar surface area (TPSA) is 36.4 Å². The Labute approximate surface area is 207 Å². The Hall–Kier alpha value is -2.90. The van der Waals surface area contributed by atoms with Crippen molar-refractivity contribution in [1.82, 2.24) is 9.88 Å². The second-order valence-electron chi connectivity index (χ2n) is 9.70. The number of aliphatic hydroxyl groups is 1. The highest BCUT2D eigenvalue weighted by Crippen LogP contribution is 2.40. The zero-order chi connectivity index (χ0) is 23.5. The lowest BCUT2D eigenvalue weighted by molar-refractivity contribution is -0.0345. The molecule has 2 unspecified atom stereocenters. The van der Waals surface area contributed by atoms with Gasteiger partial charge in [0.05, 0.1) is 5.60 Å². The van der Waals surface area contributed by atoms with Crippen molar-refractivity contribution in [3.05, 3.63) is 94.8 Å². The molecule has 2 fully saturated rings. The summed E-state index contributed by atoms with van der Waals surface area (Å²) < 4.78 is 0. The van der Waals surface area contributed by atoms with Gasteiger partial charge in [0, 0.05) is 41.0 Å². The van der Waals surface area contributed by atoms with E-state index in [-0.39, 0.29) is 0 Å². The standard InChI is InChI=1S/C30H29ClN2O/c1-30(34)19-28-16-17-29(20-30)33(28)18-2-3-22-4-6-23(7-5-22)8-14-27-15-11-25(21-32-27)24-9-12-26(31)13-10-24/h2-7,9-13,15,21,28-29,34H,16-20H2,1H3/b3-2+. The van der Waals surface area contributed by atoms with E-state index >= 15 is 0 Å². The maximum atomic E-state index is 10.4. The first-order valence-electron chi connectivity index (χ1n) is 11.9. The highest BCUT2D eigenvalue weighted by Gasteiger charge is 2.44. The summed E-state index contributed by atoms with van der Waals surface area (Å²) in [5.74, 6) is 6.35. The maximum absolute atomic E-state index is 10.4. The number of hydrogen-bond acceptors (Lipinski definition) is 3. The van der Waals surface area contributed by atoms with Gasteiger partial charge in [-0.25, -0.2) is 4.98 Å². The van der Waals surface area contributed by atoms with Crippen molar-refractivity contribution in [2.45, 2.75) is 50.3 Å². The van der Waals surface area contributed by atoms with Crippen molar-refractivity contribution in [3.8, 4) is 23.0 Å². The fourth-order valence-corrected chi connectivity index (χ4v) is 5.38. The van der Waals surface area contributed by atoms with Crippen molar-refractivity contribution in [1.29, 1.82) is 0 Å². The van der Waals surface area contributed by atoms with Crippen molar-refractivity contribution in [2.24, 2.45) is 0 Å². The molecule has 2 saturated heterocycles. The average molecular weight is 469 g/mol. The third-order valence-corrected chi connectivity index (χ3v) is 7.19. The smallest absolute Gasteiger partial charge is 0.113 e. The fourth-order valence-electron chi connectivity index (χ4n) is 5.26. The minimum atomic E-state index is -0.489. The van der Waals surface area contributed by atoms with Gasteiger partial charge < -0.3 is 5.11 Å². The van der Waals surface area contributed by atoms with Crippen LogP contribution in [0.25, 0.3) is 17.2 Å². The predicted molar refractivity (Wildman–Crippen MR) is 140 cm³/mol. The van der Waals surface area contributed by atoms with E-state index in [0.29, 0.717) is 12.1 Å². The zero-order valence-electron chi connectivity index (χ0n) is 19.4. The van der Waals surface area contributed by atoms with Crippen LogP contribution in [0, 0.1) is 11.8 Å². The lowest BCUT2D eigenvalue weighted by atomic mass is 9.88. The van der Waals surface area contributed by atoms with Crippen LogP contribution in [-0.4, -0.2) is 39.2 Å². The van der Waals surface area contributed by atoms with Gasteiger partial charge in [-0.05, 0) is 80.0 Å². The van der Waals surface area contributed by atoms with E-state index < -0.39 is 5.60 Å². The molecule has 0 aliphatic carbocycles. The molecular formula is C30H29ClN2O. The summed E-state index contributed by atoms with van der Waals surface area (Å²) in [6, 6.07) is 21.1. The van der Waals surface area contributed by atoms with Crippen molar-refractivity contribution < 1.29 is 5.11 Å². The summed E-state index contributed by atoms with van der Waals surface area (Å²) in [6.45, 7) is 2.94. The highest BCUT2D eigenvalue weighted by molar-refractivity contribution is 6.30. The van der Waals surface area contributed by atoms with E-state index in [2.05, 4.69) is 58.1 Å². The third-order valence-electron chi connectivity index (χ3n) is 6.94. The minimum absolute atomic E-state index is 0.489. The second kappa shape index (κ2) is 9.76. The molecule has 3 heterocycles. The minimum Gasteiger partial charge on any atom is -0.390 e. The lowest BCUT2D eigenvalue weighted by Gasteiger charge is -2.41. The van der Waals surface area contributed by atoms with Gasteiger partial charge in [-0.3, -0.25) is 4.90 Å². The SMILES string of the molecule is CC1(O)CC2CCC(C1)N2C/C=C/c1ccc(C#Cc2ccc(-c3ccc(Cl)cc3)cn2)cc1. The van der Waals surface area contributed by atoms with Crippen LogP contribution >= 0.6 is 11.6 Å². The summed E-state index contributed by atoms with van der Waals surface area (Å²) in [5, 5.41) is 11.1. The molecule has 0 saturated carbocycles. The molecular weight excluding hydrogens is 440 g/mol. The van der Waals surface area contributed by atoms with E-state index in [0.717, 1.165) is 46.8 Å². The summed E-state index contributed by atoms with van der Waals surface area (Å²) in [5.41, 5.74) is 4.53. The second-order valence-corrected chi connectivity index (χ2v) is 10.1. The molecule has 2 aliphatic heterocycles. The fraction of sp³-hybridized carbons (Fsp3) is 0.300. The van der Waals surface area contributed by atoms with Crippen LogP contribution in [0.4, 0.5) is 0 Å². The van der Waals surface area contributed by atoms with Gasteiger partial charge in [0.25, 0.3) is 0 Å². The van der Waals surface area contributed by atoms with Gasteiger partial charge in [0.2, 0.25) is 0 Å². The van der Waals surface area contributed by atoms with Crippen LogP contribution in [0.5, 0.6) is 0 Å². The first kappa shape index (κ1) is 22.9. The molecule has 34 heavy (non-hydrogen) atoms. The molecule has 2 atom stereocenters. The molecule has 3 aromatic rings. The molecule has 2 bridgehead atoms. The largest absolute Gasteiger partial charge is 0.390 e. The first-order chi connectivity index (χ1) is 16.4. The molecule has 1 aromatic heterocycles.